The van der Waals surface area contributed by atoms with E-state index in [1.54, 1.807) is 0 Å². The summed E-state index contributed by atoms with van der Waals surface area (Å²) >= 11 is 0. The zero-order valence-corrected chi connectivity index (χ0v) is 14.3. The molecular weight excluding hydrogens is 330 g/mol. The van der Waals surface area contributed by atoms with E-state index in [0.29, 0.717) is 31.3 Å². The number of aromatic nitrogens is 4. The number of carbonyl (C=O) groups excluding carboxylic acids is 1. The van der Waals surface area contributed by atoms with Gasteiger partial charge < -0.3 is 14.6 Å². The SMILES string of the molecule is O=C(Nc1cc2n(n1)CCC2)c1nc(-c2ccccc2)n2c1COCC2. The average Bonchev–Trinajstić information content (AvgIpc) is 3.35. The van der Waals surface area contributed by atoms with E-state index in [4.69, 9.17) is 4.74 Å². The first-order valence-corrected chi connectivity index (χ1v) is 8.90. The van der Waals surface area contributed by atoms with Gasteiger partial charge in [-0.3, -0.25) is 9.48 Å². The Kier molecular flexibility index (Phi) is 3.60. The van der Waals surface area contributed by atoms with Gasteiger partial charge in [0.1, 0.15) is 5.82 Å². The minimum Gasteiger partial charge on any atom is -0.373 e. The van der Waals surface area contributed by atoms with Gasteiger partial charge in [0.2, 0.25) is 0 Å². The van der Waals surface area contributed by atoms with Crippen molar-refractivity contribution in [2.45, 2.75) is 32.5 Å². The molecule has 1 amide bonds. The Morgan fingerprint density at radius 2 is 2.08 bits per heavy atom. The molecule has 0 saturated heterocycles. The topological polar surface area (TPSA) is 74.0 Å². The number of benzene rings is 1. The average molecular weight is 349 g/mol. The molecule has 7 nitrogen and oxygen atoms in total. The quantitative estimate of drug-likeness (QED) is 0.788. The van der Waals surface area contributed by atoms with E-state index >= 15 is 0 Å². The van der Waals surface area contributed by atoms with Crippen LogP contribution < -0.4 is 5.32 Å². The standard InChI is InChI=1S/C19H19N5O2/c25-19(20-16-11-14-7-4-8-24(14)22-16)17-15-12-26-10-9-23(15)18(21-17)13-5-2-1-3-6-13/h1-3,5-6,11H,4,7-10,12H2,(H,20,22,25). The lowest BCUT2D eigenvalue weighted by Crippen LogP contribution is -2.21. The van der Waals surface area contributed by atoms with Gasteiger partial charge in [-0.15, -0.1) is 0 Å². The summed E-state index contributed by atoms with van der Waals surface area (Å²) in [6, 6.07) is 11.9. The van der Waals surface area contributed by atoms with E-state index in [2.05, 4.69) is 20.0 Å². The predicted molar refractivity (Wildman–Crippen MR) is 95.8 cm³/mol. The van der Waals surface area contributed by atoms with E-state index in [9.17, 15) is 4.79 Å². The highest BCUT2D eigenvalue weighted by molar-refractivity contribution is 6.03. The molecule has 0 fully saturated rings. The van der Waals surface area contributed by atoms with Gasteiger partial charge in [0.15, 0.2) is 11.5 Å². The number of nitrogens with zero attached hydrogens (tertiary/aromatic N) is 4. The third kappa shape index (κ3) is 2.52. The van der Waals surface area contributed by atoms with Crippen molar-refractivity contribution in [2.24, 2.45) is 0 Å². The lowest BCUT2D eigenvalue weighted by Gasteiger charge is -2.17. The number of amides is 1. The van der Waals surface area contributed by atoms with Crippen LogP contribution in [0.3, 0.4) is 0 Å². The molecule has 132 valence electrons. The number of nitrogens with one attached hydrogen (secondary N) is 1. The van der Waals surface area contributed by atoms with Crippen LogP contribution in [0.25, 0.3) is 11.4 Å². The Balaban J connectivity index is 1.49. The summed E-state index contributed by atoms with van der Waals surface area (Å²) in [5.74, 6) is 1.16. The molecule has 1 N–H and O–H groups in total. The molecule has 0 bridgehead atoms. The summed E-state index contributed by atoms with van der Waals surface area (Å²) in [6.07, 6.45) is 2.12. The molecule has 5 rings (SSSR count). The highest BCUT2D eigenvalue weighted by atomic mass is 16.5. The minimum absolute atomic E-state index is 0.238. The molecule has 2 aromatic heterocycles. The van der Waals surface area contributed by atoms with Crippen molar-refractivity contribution in [1.29, 1.82) is 0 Å². The molecule has 2 aliphatic heterocycles. The third-order valence-corrected chi connectivity index (χ3v) is 4.93. The molecule has 0 unspecified atom stereocenters. The summed E-state index contributed by atoms with van der Waals surface area (Å²) in [7, 11) is 0. The van der Waals surface area contributed by atoms with E-state index in [-0.39, 0.29) is 5.91 Å². The molecule has 2 aliphatic rings. The molecule has 0 radical (unpaired) electrons. The Labute approximate surface area is 150 Å². The second-order valence-electron chi connectivity index (χ2n) is 6.60. The van der Waals surface area contributed by atoms with Crippen LogP contribution in [-0.2, 0) is 30.9 Å². The molecule has 0 atom stereocenters. The molecular formula is C19H19N5O2. The second kappa shape index (κ2) is 6.10. The fraction of sp³-hybridized carbons (Fsp3) is 0.316. The first kappa shape index (κ1) is 15.3. The number of hydrogen-bond donors (Lipinski definition) is 1. The van der Waals surface area contributed by atoms with Gasteiger partial charge in [-0.1, -0.05) is 30.3 Å². The van der Waals surface area contributed by atoms with Crippen LogP contribution in [0.5, 0.6) is 0 Å². The van der Waals surface area contributed by atoms with Crippen molar-refractivity contribution >= 4 is 11.7 Å². The van der Waals surface area contributed by atoms with Crippen molar-refractivity contribution < 1.29 is 9.53 Å². The van der Waals surface area contributed by atoms with Crippen molar-refractivity contribution in [1.82, 2.24) is 19.3 Å². The predicted octanol–water partition coefficient (Wildman–Crippen LogP) is 2.48. The molecule has 1 aromatic carbocycles. The highest BCUT2D eigenvalue weighted by Crippen LogP contribution is 2.26. The zero-order chi connectivity index (χ0) is 17.5. The molecule has 7 heteroatoms. The van der Waals surface area contributed by atoms with Gasteiger partial charge in [-0.05, 0) is 12.8 Å². The van der Waals surface area contributed by atoms with Crippen molar-refractivity contribution in [3.8, 4) is 11.4 Å². The van der Waals surface area contributed by atoms with Gasteiger partial charge in [0.05, 0.1) is 18.9 Å². The van der Waals surface area contributed by atoms with E-state index < -0.39 is 0 Å². The number of carbonyl (C=O) groups is 1. The first-order valence-electron chi connectivity index (χ1n) is 8.90. The number of imidazole rings is 1. The Hall–Kier alpha value is -2.93. The maximum absolute atomic E-state index is 12.9. The van der Waals surface area contributed by atoms with Gasteiger partial charge in [0, 0.05) is 30.4 Å². The summed E-state index contributed by atoms with van der Waals surface area (Å²) in [6.45, 7) is 2.62. The maximum Gasteiger partial charge on any atom is 0.277 e. The van der Waals surface area contributed by atoms with Crippen molar-refractivity contribution in [3.05, 3.63) is 53.5 Å². The summed E-state index contributed by atoms with van der Waals surface area (Å²) in [4.78, 5) is 17.5. The number of aryl methyl sites for hydroxylation is 2. The van der Waals surface area contributed by atoms with Gasteiger partial charge in [-0.2, -0.15) is 5.10 Å². The summed E-state index contributed by atoms with van der Waals surface area (Å²) < 4.78 is 9.61. The smallest absolute Gasteiger partial charge is 0.277 e. The lowest BCUT2D eigenvalue weighted by atomic mass is 10.2. The van der Waals surface area contributed by atoms with Crippen LogP contribution in [-0.4, -0.2) is 31.8 Å². The zero-order valence-electron chi connectivity index (χ0n) is 14.3. The van der Waals surface area contributed by atoms with Crippen LogP contribution in [0.1, 0.15) is 28.3 Å². The van der Waals surface area contributed by atoms with E-state index in [1.165, 1.54) is 5.69 Å². The number of hydrogen-bond acceptors (Lipinski definition) is 4. The van der Waals surface area contributed by atoms with Crippen molar-refractivity contribution in [3.63, 3.8) is 0 Å². The molecule has 0 aliphatic carbocycles. The van der Waals surface area contributed by atoms with E-state index in [1.807, 2.05) is 41.1 Å². The largest absolute Gasteiger partial charge is 0.373 e. The number of anilines is 1. The lowest BCUT2D eigenvalue weighted by molar-refractivity contribution is 0.0830. The number of ether oxygens (including phenoxy) is 1. The normalized spacial score (nSPS) is 15.5. The van der Waals surface area contributed by atoms with Crippen LogP contribution in [0, 0.1) is 0 Å². The molecule has 3 aromatic rings. The Bertz CT molecular complexity index is 952. The fourth-order valence-electron chi connectivity index (χ4n) is 3.68. The molecule has 26 heavy (non-hydrogen) atoms. The van der Waals surface area contributed by atoms with E-state index in [0.717, 1.165) is 36.5 Å². The molecule has 0 spiro atoms. The van der Waals surface area contributed by atoms with Gasteiger partial charge in [0.25, 0.3) is 5.91 Å². The van der Waals surface area contributed by atoms with Crippen LogP contribution in [0.4, 0.5) is 5.82 Å². The first-order chi connectivity index (χ1) is 12.8. The Morgan fingerprint density at radius 1 is 1.19 bits per heavy atom. The monoisotopic (exact) mass is 349 g/mol. The Morgan fingerprint density at radius 3 is 2.92 bits per heavy atom. The van der Waals surface area contributed by atoms with Crippen LogP contribution >= 0.6 is 0 Å². The number of fused-ring (bicyclic) bond motifs is 2. The molecule has 4 heterocycles. The van der Waals surface area contributed by atoms with Gasteiger partial charge >= 0.3 is 0 Å². The minimum atomic E-state index is -0.238. The fourth-order valence-corrected chi connectivity index (χ4v) is 3.68. The highest BCUT2D eigenvalue weighted by Gasteiger charge is 2.26. The van der Waals surface area contributed by atoms with Crippen LogP contribution in [0.15, 0.2) is 36.4 Å². The number of rotatable bonds is 3. The summed E-state index contributed by atoms with van der Waals surface area (Å²) in [5.41, 5.74) is 3.40. The second-order valence-corrected chi connectivity index (χ2v) is 6.60. The third-order valence-electron chi connectivity index (χ3n) is 4.93. The van der Waals surface area contributed by atoms with Gasteiger partial charge in [-0.25, -0.2) is 4.98 Å². The molecule has 0 saturated carbocycles. The summed E-state index contributed by atoms with van der Waals surface area (Å²) in [5, 5.41) is 7.35. The van der Waals surface area contributed by atoms with Crippen LogP contribution in [0.2, 0.25) is 0 Å². The van der Waals surface area contributed by atoms with Crippen molar-refractivity contribution in [2.75, 3.05) is 11.9 Å². The maximum atomic E-state index is 12.9.